The third kappa shape index (κ3) is 4.95. The van der Waals surface area contributed by atoms with E-state index >= 15 is 0 Å². The highest BCUT2D eigenvalue weighted by Crippen LogP contribution is 2.35. The highest BCUT2D eigenvalue weighted by atomic mass is 19.1. The Balaban J connectivity index is 0.00000101. The number of amides is 1. The number of halogens is 2. The molecule has 2 aromatic rings. The molecule has 1 aromatic carbocycles. The number of hydrogen-bond donors (Lipinski definition) is 3. The number of hydrogen-bond acceptors (Lipinski definition) is 5. The fourth-order valence-electron chi connectivity index (χ4n) is 3.44. The second-order valence-corrected chi connectivity index (χ2v) is 6.76. The van der Waals surface area contributed by atoms with Crippen molar-refractivity contribution in [2.45, 2.75) is 18.9 Å². The van der Waals surface area contributed by atoms with Gasteiger partial charge in [0.25, 0.3) is 12.4 Å². The number of piperidine rings is 1. The molecular weight excluding hydrogens is 402 g/mol. The third-order valence-corrected chi connectivity index (χ3v) is 4.91. The van der Waals surface area contributed by atoms with Gasteiger partial charge in [-0.25, -0.2) is 8.78 Å². The molecule has 30 heavy (non-hydrogen) atoms. The van der Waals surface area contributed by atoms with E-state index < -0.39 is 35.0 Å². The molecule has 2 atom stereocenters. The molecule has 10 heteroatoms. The maximum absolute atomic E-state index is 13.9. The molecule has 1 fully saturated rings. The van der Waals surface area contributed by atoms with Crippen LogP contribution in [0.3, 0.4) is 0 Å². The standard InChI is InChI=1S/C19H18F2N2O4.CH2O2/c20-13-3-1-2-12(8-13)9-19(18(26)27)11-23(7-5-16(19)24)17(25)14-4-6-22-10-15(14)21;2-1-3/h1-4,6,8,10,16,24H,5,7,9,11H2,(H,26,27);1H,(H,2,3)/t16-,19-;/m1./s1. The van der Waals surface area contributed by atoms with Crippen LogP contribution in [0.4, 0.5) is 8.78 Å². The highest BCUT2D eigenvalue weighted by Gasteiger charge is 2.50. The quantitative estimate of drug-likeness (QED) is 0.638. The van der Waals surface area contributed by atoms with Crippen LogP contribution in [-0.2, 0) is 16.0 Å². The first-order valence-electron chi connectivity index (χ1n) is 8.87. The van der Waals surface area contributed by atoms with Gasteiger partial charge >= 0.3 is 5.97 Å². The summed E-state index contributed by atoms with van der Waals surface area (Å²) in [6, 6.07) is 6.66. The van der Waals surface area contributed by atoms with E-state index in [0.717, 1.165) is 6.20 Å². The molecule has 2 heterocycles. The number of carboxylic acids is 1. The summed E-state index contributed by atoms with van der Waals surface area (Å²) in [5, 5.41) is 27.2. The van der Waals surface area contributed by atoms with Crippen LogP contribution in [-0.4, -0.2) is 62.7 Å². The number of nitrogens with zero attached hydrogens (tertiary/aromatic N) is 2. The largest absolute Gasteiger partial charge is 0.483 e. The molecule has 8 nitrogen and oxygen atoms in total. The Morgan fingerprint density at radius 1 is 1.30 bits per heavy atom. The van der Waals surface area contributed by atoms with Gasteiger partial charge in [0, 0.05) is 19.3 Å². The zero-order chi connectivity index (χ0) is 22.3. The van der Waals surface area contributed by atoms with Crippen LogP contribution in [0.15, 0.2) is 42.7 Å². The van der Waals surface area contributed by atoms with E-state index in [2.05, 4.69) is 4.98 Å². The van der Waals surface area contributed by atoms with E-state index in [9.17, 15) is 28.6 Å². The predicted octanol–water partition coefficient (Wildman–Crippen LogP) is 1.58. The molecule has 1 aliphatic heterocycles. The number of aliphatic hydroxyl groups excluding tert-OH is 1. The number of aliphatic hydroxyl groups is 1. The average Bonchev–Trinajstić information content (AvgIpc) is 2.70. The summed E-state index contributed by atoms with van der Waals surface area (Å²) in [7, 11) is 0. The van der Waals surface area contributed by atoms with E-state index in [4.69, 9.17) is 9.90 Å². The van der Waals surface area contributed by atoms with Crippen molar-refractivity contribution in [1.82, 2.24) is 9.88 Å². The number of carboxylic acid groups (broad SMARTS) is 2. The van der Waals surface area contributed by atoms with Crippen molar-refractivity contribution in [2.75, 3.05) is 13.1 Å². The number of carbonyl (C=O) groups excluding carboxylic acids is 1. The van der Waals surface area contributed by atoms with Gasteiger partial charge in [-0.3, -0.25) is 19.4 Å². The topological polar surface area (TPSA) is 128 Å². The number of carbonyl (C=O) groups is 3. The molecule has 0 aliphatic carbocycles. The molecule has 3 rings (SSSR count). The van der Waals surface area contributed by atoms with Crippen LogP contribution >= 0.6 is 0 Å². The van der Waals surface area contributed by atoms with Crippen molar-refractivity contribution in [1.29, 1.82) is 0 Å². The molecule has 1 saturated heterocycles. The molecule has 1 aliphatic rings. The first-order valence-corrected chi connectivity index (χ1v) is 8.87. The summed E-state index contributed by atoms with van der Waals surface area (Å²) in [6.45, 7) is -0.486. The third-order valence-electron chi connectivity index (χ3n) is 4.91. The summed E-state index contributed by atoms with van der Waals surface area (Å²) < 4.78 is 27.4. The van der Waals surface area contributed by atoms with Crippen LogP contribution in [0.5, 0.6) is 0 Å². The van der Waals surface area contributed by atoms with Gasteiger partial charge in [0.15, 0.2) is 5.82 Å². The summed E-state index contributed by atoms with van der Waals surface area (Å²) >= 11 is 0. The van der Waals surface area contributed by atoms with Crippen molar-refractivity contribution < 1.29 is 38.5 Å². The lowest BCUT2D eigenvalue weighted by molar-refractivity contribution is -0.161. The van der Waals surface area contributed by atoms with Gasteiger partial charge < -0.3 is 20.2 Å². The number of pyridine rings is 1. The van der Waals surface area contributed by atoms with E-state index in [1.54, 1.807) is 6.07 Å². The van der Waals surface area contributed by atoms with Gasteiger partial charge in [-0.15, -0.1) is 0 Å². The fraction of sp³-hybridized carbons (Fsp3) is 0.300. The zero-order valence-corrected chi connectivity index (χ0v) is 15.7. The van der Waals surface area contributed by atoms with E-state index in [1.807, 2.05) is 0 Å². The lowest BCUT2D eigenvalue weighted by Crippen LogP contribution is -2.58. The number of aliphatic carboxylic acids is 1. The van der Waals surface area contributed by atoms with E-state index in [1.165, 1.54) is 35.4 Å². The van der Waals surface area contributed by atoms with E-state index in [-0.39, 0.29) is 38.0 Å². The van der Waals surface area contributed by atoms with Gasteiger partial charge in [0.05, 0.1) is 17.9 Å². The molecule has 3 N–H and O–H groups in total. The van der Waals surface area contributed by atoms with Gasteiger partial charge in [-0.1, -0.05) is 12.1 Å². The number of likely N-dealkylation sites (tertiary alicyclic amines) is 1. The predicted molar refractivity (Wildman–Crippen MR) is 99.6 cm³/mol. The molecule has 0 spiro atoms. The van der Waals surface area contributed by atoms with Crippen molar-refractivity contribution in [3.05, 3.63) is 65.5 Å². The Morgan fingerprint density at radius 3 is 2.60 bits per heavy atom. The molecule has 0 radical (unpaired) electrons. The molecule has 0 unspecified atom stereocenters. The molecule has 0 saturated carbocycles. The summed E-state index contributed by atoms with van der Waals surface area (Å²) in [5.41, 5.74) is -1.54. The number of rotatable bonds is 4. The summed E-state index contributed by atoms with van der Waals surface area (Å²) in [5.74, 6) is -3.30. The van der Waals surface area contributed by atoms with Crippen molar-refractivity contribution in [3.8, 4) is 0 Å². The SMILES string of the molecule is O=C(c1ccncc1F)N1CC[C@@H](O)[C@](Cc2cccc(F)c2)(C(=O)O)C1.O=CO. The van der Waals surface area contributed by atoms with Gasteiger partial charge in [0.2, 0.25) is 0 Å². The zero-order valence-electron chi connectivity index (χ0n) is 15.7. The lowest BCUT2D eigenvalue weighted by atomic mass is 9.72. The maximum Gasteiger partial charge on any atom is 0.314 e. The maximum atomic E-state index is 13.9. The summed E-state index contributed by atoms with van der Waals surface area (Å²) in [4.78, 5) is 37.9. The Labute approximate surface area is 170 Å². The van der Waals surface area contributed by atoms with Crippen LogP contribution in [0.2, 0.25) is 0 Å². The summed E-state index contributed by atoms with van der Waals surface area (Å²) in [6.07, 6.45) is 0.795. The Bertz CT molecular complexity index is 926. The number of aromatic nitrogens is 1. The minimum absolute atomic E-state index is 0.0139. The average molecular weight is 422 g/mol. The van der Waals surface area contributed by atoms with Crippen molar-refractivity contribution in [2.24, 2.45) is 5.41 Å². The molecule has 0 bridgehead atoms. The smallest absolute Gasteiger partial charge is 0.314 e. The Kier molecular flexibility index (Phi) is 7.54. The second kappa shape index (κ2) is 9.88. The fourth-order valence-corrected chi connectivity index (χ4v) is 3.44. The second-order valence-electron chi connectivity index (χ2n) is 6.76. The van der Waals surface area contributed by atoms with E-state index in [0.29, 0.717) is 5.56 Å². The molecular formula is C20H20F2N2O6. The van der Waals surface area contributed by atoms with Gasteiger partial charge in [-0.05, 0) is 36.6 Å². The molecule has 160 valence electrons. The monoisotopic (exact) mass is 422 g/mol. The van der Waals surface area contributed by atoms with Gasteiger partial charge in [0.1, 0.15) is 11.2 Å². The van der Waals surface area contributed by atoms with Crippen molar-refractivity contribution in [3.63, 3.8) is 0 Å². The lowest BCUT2D eigenvalue weighted by Gasteiger charge is -2.43. The van der Waals surface area contributed by atoms with Crippen LogP contribution in [0.25, 0.3) is 0 Å². The molecule has 1 amide bonds. The van der Waals surface area contributed by atoms with Crippen LogP contribution in [0.1, 0.15) is 22.3 Å². The minimum atomic E-state index is -1.72. The first kappa shape index (κ1) is 22.9. The first-order chi connectivity index (χ1) is 14.2. The highest BCUT2D eigenvalue weighted by molar-refractivity contribution is 5.95. The number of benzene rings is 1. The van der Waals surface area contributed by atoms with Crippen LogP contribution < -0.4 is 0 Å². The Morgan fingerprint density at radius 2 is 2.00 bits per heavy atom. The Hall–Kier alpha value is -3.40. The molecule has 1 aromatic heterocycles. The van der Waals surface area contributed by atoms with Crippen LogP contribution in [0, 0.1) is 17.0 Å². The van der Waals surface area contributed by atoms with Gasteiger partial charge in [-0.2, -0.15) is 0 Å². The van der Waals surface area contributed by atoms with Crippen molar-refractivity contribution >= 4 is 18.3 Å². The minimum Gasteiger partial charge on any atom is -0.483 e. The normalized spacial score (nSPS) is 20.6.